The number of aliphatic imine (C=N–C) groups is 1. The Balaban J connectivity index is 2.52. The van der Waals surface area contributed by atoms with Crippen LogP contribution in [0, 0.1) is 0 Å². The molecule has 11 heavy (non-hydrogen) atoms. The van der Waals surface area contributed by atoms with E-state index in [0.717, 1.165) is 17.8 Å². The van der Waals surface area contributed by atoms with E-state index in [1.54, 1.807) is 18.7 Å². The van der Waals surface area contributed by atoms with Crippen LogP contribution in [-0.2, 0) is 6.42 Å². The molecule has 0 aromatic carbocycles. The predicted octanol–water partition coefficient (Wildman–Crippen LogP) is 1.29. The highest BCUT2D eigenvalue weighted by Gasteiger charge is 2.00. The molecule has 0 fully saturated rings. The third-order valence-corrected chi connectivity index (χ3v) is 1.52. The average molecular weight is 145 g/mol. The van der Waals surface area contributed by atoms with Crippen molar-refractivity contribution >= 4 is 11.9 Å². The summed E-state index contributed by atoms with van der Waals surface area (Å²) in [7, 11) is 0. The smallest absolute Gasteiger partial charge is 0.115 e. The second-order valence-electron chi connectivity index (χ2n) is 2.27. The van der Waals surface area contributed by atoms with E-state index in [1.165, 1.54) is 0 Å². The molecule has 1 aromatic heterocycles. The normalized spacial score (nSPS) is 14.2. The number of hydrogen-bond acceptors (Lipinski definition) is 3. The summed E-state index contributed by atoms with van der Waals surface area (Å²) in [4.78, 5) is 12.1. The van der Waals surface area contributed by atoms with Gasteiger partial charge in [0.25, 0.3) is 0 Å². The largest absolute Gasteiger partial charge is 0.253 e. The molecule has 54 valence electrons. The van der Waals surface area contributed by atoms with Gasteiger partial charge in [-0.25, -0.2) is 9.97 Å². The fourth-order valence-corrected chi connectivity index (χ4v) is 0.977. The van der Waals surface area contributed by atoms with E-state index in [2.05, 4.69) is 15.0 Å². The maximum Gasteiger partial charge on any atom is 0.115 e. The van der Waals surface area contributed by atoms with Gasteiger partial charge in [0.15, 0.2) is 0 Å². The summed E-state index contributed by atoms with van der Waals surface area (Å²) in [5.74, 6) is 0. The Kier molecular flexibility index (Phi) is 1.48. The van der Waals surface area contributed by atoms with Gasteiger partial charge < -0.3 is 0 Å². The first kappa shape index (κ1) is 6.22. The van der Waals surface area contributed by atoms with Crippen molar-refractivity contribution < 1.29 is 0 Å². The predicted molar refractivity (Wildman–Crippen MR) is 43.0 cm³/mol. The van der Waals surface area contributed by atoms with Gasteiger partial charge in [-0.05, 0) is 6.08 Å². The zero-order chi connectivity index (χ0) is 7.52. The van der Waals surface area contributed by atoms with E-state index < -0.39 is 0 Å². The zero-order valence-electron chi connectivity index (χ0n) is 5.94. The monoisotopic (exact) mass is 145 g/mol. The fraction of sp³-hybridized carbons (Fsp3) is 0.125. The third-order valence-electron chi connectivity index (χ3n) is 1.52. The van der Waals surface area contributed by atoms with Crippen LogP contribution in [0.2, 0.25) is 0 Å². The lowest BCUT2D eigenvalue weighted by Gasteiger charge is -1.96. The molecule has 0 atom stereocenters. The summed E-state index contributed by atoms with van der Waals surface area (Å²) in [6, 6.07) is 0. The van der Waals surface area contributed by atoms with E-state index in [-0.39, 0.29) is 0 Å². The van der Waals surface area contributed by atoms with Gasteiger partial charge in [0.05, 0.1) is 11.9 Å². The summed E-state index contributed by atoms with van der Waals surface area (Å²) < 4.78 is 0. The Hall–Kier alpha value is -1.51. The van der Waals surface area contributed by atoms with Crippen LogP contribution in [0.4, 0.5) is 5.69 Å². The molecule has 3 nitrogen and oxygen atoms in total. The summed E-state index contributed by atoms with van der Waals surface area (Å²) in [5, 5.41) is 0. The Morgan fingerprint density at radius 3 is 3.36 bits per heavy atom. The molecule has 0 N–H and O–H groups in total. The van der Waals surface area contributed by atoms with E-state index in [4.69, 9.17) is 0 Å². The molecule has 2 heterocycles. The number of rotatable bonds is 0. The molecule has 1 aliphatic rings. The Bertz CT molecular complexity index is 315. The molecule has 0 aliphatic carbocycles. The zero-order valence-corrected chi connectivity index (χ0v) is 5.94. The number of aromatic nitrogens is 2. The molecule has 1 aromatic rings. The molecule has 0 unspecified atom stereocenters. The van der Waals surface area contributed by atoms with Crippen molar-refractivity contribution in [3.63, 3.8) is 0 Å². The minimum absolute atomic E-state index is 0.845. The molecule has 0 amide bonds. The Morgan fingerprint density at radius 1 is 1.36 bits per heavy atom. The molecule has 0 saturated heterocycles. The van der Waals surface area contributed by atoms with E-state index >= 15 is 0 Å². The lowest BCUT2D eigenvalue weighted by Crippen LogP contribution is -1.87. The van der Waals surface area contributed by atoms with Gasteiger partial charge in [-0.1, -0.05) is 6.08 Å². The fourth-order valence-electron chi connectivity index (χ4n) is 0.977. The average Bonchev–Trinajstić information content (AvgIpc) is 2.28. The van der Waals surface area contributed by atoms with Gasteiger partial charge in [-0.15, -0.1) is 0 Å². The van der Waals surface area contributed by atoms with Crippen LogP contribution in [0.3, 0.4) is 0 Å². The first-order chi connectivity index (χ1) is 5.47. The lowest BCUT2D eigenvalue weighted by atomic mass is 10.2. The van der Waals surface area contributed by atoms with Gasteiger partial charge in [-0.2, -0.15) is 0 Å². The van der Waals surface area contributed by atoms with Crippen molar-refractivity contribution in [2.45, 2.75) is 6.42 Å². The third kappa shape index (κ3) is 1.17. The van der Waals surface area contributed by atoms with Gasteiger partial charge >= 0.3 is 0 Å². The van der Waals surface area contributed by atoms with Crippen LogP contribution in [0.25, 0.3) is 0 Å². The lowest BCUT2D eigenvalue weighted by molar-refractivity contribution is 1.05. The maximum absolute atomic E-state index is 4.15. The van der Waals surface area contributed by atoms with Crippen LogP contribution in [0.15, 0.2) is 29.7 Å². The molecule has 0 radical (unpaired) electrons. The molecule has 0 spiro atoms. The Labute approximate surface area is 64.5 Å². The van der Waals surface area contributed by atoms with Crippen LogP contribution in [-0.4, -0.2) is 16.2 Å². The first-order valence-electron chi connectivity index (χ1n) is 3.45. The summed E-state index contributed by atoms with van der Waals surface area (Å²) in [6.07, 6.45) is 9.83. The van der Waals surface area contributed by atoms with Crippen LogP contribution in [0.5, 0.6) is 0 Å². The SMILES string of the molecule is C1=CCc2ncncc2N=C1. The quantitative estimate of drug-likeness (QED) is 0.551. The molecular weight excluding hydrogens is 138 g/mol. The van der Waals surface area contributed by atoms with Crippen molar-refractivity contribution in [3.05, 3.63) is 30.4 Å². The first-order valence-corrected chi connectivity index (χ1v) is 3.45. The number of nitrogens with zero attached hydrogens (tertiary/aromatic N) is 3. The number of allylic oxidation sites excluding steroid dienone is 2. The highest BCUT2D eigenvalue weighted by molar-refractivity contribution is 5.75. The minimum Gasteiger partial charge on any atom is -0.253 e. The molecule has 0 bridgehead atoms. The Morgan fingerprint density at radius 2 is 2.36 bits per heavy atom. The number of fused-ring (bicyclic) bond motifs is 1. The molecule has 2 rings (SSSR count). The summed E-state index contributed by atoms with van der Waals surface area (Å²) >= 11 is 0. The van der Waals surface area contributed by atoms with Gasteiger partial charge in [0.2, 0.25) is 0 Å². The van der Waals surface area contributed by atoms with Gasteiger partial charge in [-0.3, -0.25) is 4.99 Å². The van der Waals surface area contributed by atoms with Crippen molar-refractivity contribution in [3.8, 4) is 0 Å². The molecular formula is C8H7N3. The minimum atomic E-state index is 0.845. The molecule has 1 aliphatic heterocycles. The topological polar surface area (TPSA) is 38.1 Å². The van der Waals surface area contributed by atoms with Gasteiger partial charge in [0.1, 0.15) is 12.0 Å². The highest BCUT2D eigenvalue weighted by atomic mass is 14.9. The molecule has 3 heteroatoms. The number of hydrogen-bond donors (Lipinski definition) is 0. The van der Waals surface area contributed by atoms with E-state index in [0.29, 0.717) is 0 Å². The summed E-state index contributed by atoms with van der Waals surface area (Å²) in [5.41, 5.74) is 1.86. The standard InChI is InChI=1S/C8H7N3/c1-2-4-10-8-5-9-6-11-7(8)3-1/h1-2,4-6H,3H2. The van der Waals surface area contributed by atoms with Crippen LogP contribution in [0.1, 0.15) is 5.69 Å². The van der Waals surface area contributed by atoms with Crippen LogP contribution < -0.4 is 0 Å². The van der Waals surface area contributed by atoms with Crippen molar-refractivity contribution in [1.29, 1.82) is 0 Å². The van der Waals surface area contributed by atoms with E-state index in [1.807, 2.05) is 12.2 Å². The second-order valence-corrected chi connectivity index (χ2v) is 2.27. The van der Waals surface area contributed by atoms with E-state index in [9.17, 15) is 0 Å². The maximum atomic E-state index is 4.15. The molecule has 0 saturated carbocycles. The summed E-state index contributed by atoms with van der Waals surface area (Å²) in [6.45, 7) is 0. The highest BCUT2D eigenvalue weighted by Crippen LogP contribution is 2.16. The van der Waals surface area contributed by atoms with Crippen molar-refractivity contribution in [2.24, 2.45) is 4.99 Å². The second kappa shape index (κ2) is 2.62. The van der Waals surface area contributed by atoms with Gasteiger partial charge in [0, 0.05) is 12.6 Å². The van der Waals surface area contributed by atoms with Crippen molar-refractivity contribution in [1.82, 2.24) is 9.97 Å². The van der Waals surface area contributed by atoms with Crippen molar-refractivity contribution in [2.75, 3.05) is 0 Å². The van der Waals surface area contributed by atoms with Crippen LogP contribution >= 0.6 is 0 Å².